The standard InChI is InChI=1S/C21H28N4O3S/c1-20(2,3)17-13-25-18(22-17)29-19(23-25)24-8-6-21(26,7-9-24)14-10-15(27-4)12-16(11-14)28-5/h10-13,26H,6-9H2,1-5H3. The predicted octanol–water partition coefficient (Wildman–Crippen LogP) is 3.59. The van der Waals surface area contributed by atoms with E-state index in [2.05, 4.69) is 25.7 Å². The molecule has 3 heterocycles. The van der Waals surface area contributed by atoms with Crippen LogP contribution in [0.15, 0.2) is 24.4 Å². The van der Waals surface area contributed by atoms with E-state index in [4.69, 9.17) is 19.6 Å². The molecule has 0 atom stereocenters. The van der Waals surface area contributed by atoms with E-state index >= 15 is 0 Å². The first kappa shape index (κ1) is 20.0. The minimum atomic E-state index is -0.908. The highest BCUT2D eigenvalue weighted by molar-refractivity contribution is 7.20. The van der Waals surface area contributed by atoms with Crippen LogP contribution in [0.2, 0.25) is 0 Å². The summed E-state index contributed by atoms with van der Waals surface area (Å²) in [4.78, 5) is 7.86. The fourth-order valence-corrected chi connectivity index (χ4v) is 4.55. The molecule has 0 bridgehead atoms. The maximum atomic E-state index is 11.3. The monoisotopic (exact) mass is 416 g/mol. The third-order valence-electron chi connectivity index (χ3n) is 5.55. The molecule has 29 heavy (non-hydrogen) atoms. The topological polar surface area (TPSA) is 72.1 Å². The van der Waals surface area contributed by atoms with Crippen LogP contribution in [0.1, 0.15) is 44.9 Å². The Bertz CT molecular complexity index is 959. The lowest BCUT2D eigenvalue weighted by atomic mass is 9.84. The van der Waals surface area contributed by atoms with Gasteiger partial charge in [0.25, 0.3) is 0 Å². The second kappa shape index (κ2) is 7.18. The van der Waals surface area contributed by atoms with Crippen molar-refractivity contribution in [3.8, 4) is 11.5 Å². The zero-order valence-electron chi connectivity index (χ0n) is 17.6. The van der Waals surface area contributed by atoms with Gasteiger partial charge in [0.15, 0.2) is 0 Å². The molecule has 0 amide bonds. The summed E-state index contributed by atoms with van der Waals surface area (Å²) in [5, 5.41) is 17.0. The lowest BCUT2D eigenvalue weighted by Gasteiger charge is -2.38. The number of ether oxygens (including phenoxy) is 2. The van der Waals surface area contributed by atoms with Gasteiger partial charge < -0.3 is 19.5 Å². The zero-order chi connectivity index (χ0) is 20.8. The normalized spacial score (nSPS) is 17.0. The Labute approximate surface area is 174 Å². The van der Waals surface area contributed by atoms with Gasteiger partial charge in [0, 0.05) is 24.6 Å². The summed E-state index contributed by atoms with van der Waals surface area (Å²) in [6.07, 6.45) is 3.23. The Morgan fingerprint density at radius 2 is 1.69 bits per heavy atom. The van der Waals surface area contributed by atoms with Gasteiger partial charge in [-0.05, 0) is 30.5 Å². The Kier molecular flexibility index (Phi) is 4.94. The second-order valence-corrected chi connectivity index (χ2v) is 9.54. The Morgan fingerprint density at radius 3 is 2.21 bits per heavy atom. The van der Waals surface area contributed by atoms with Crippen LogP contribution in [0.4, 0.5) is 5.13 Å². The first-order chi connectivity index (χ1) is 13.7. The third-order valence-corrected chi connectivity index (χ3v) is 6.53. The van der Waals surface area contributed by atoms with E-state index in [9.17, 15) is 5.11 Å². The first-order valence-electron chi connectivity index (χ1n) is 9.79. The predicted molar refractivity (Wildman–Crippen MR) is 114 cm³/mol. The molecule has 1 fully saturated rings. The summed E-state index contributed by atoms with van der Waals surface area (Å²) in [6.45, 7) is 7.90. The number of fused-ring (bicyclic) bond motifs is 1. The van der Waals surface area contributed by atoms with Gasteiger partial charge in [-0.15, -0.1) is 5.10 Å². The van der Waals surface area contributed by atoms with Crippen LogP contribution >= 0.6 is 11.3 Å². The number of piperidine rings is 1. The lowest BCUT2D eigenvalue weighted by molar-refractivity contribution is 0.0114. The molecule has 1 aliphatic heterocycles. The summed E-state index contributed by atoms with van der Waals surface area (Å²) in [6, 6.07) is 5.60. The molecule has 4 rings (SSSR count). The molecule has 2 aromatic heterocycles. The Hall–Kier alpha value is -2.32. The minimum absolute atomic E-state index is 0.00694. The molecule has 1 aliphatic rings. The van der Waals surface area contributed by atoms with Gasteiger partial charge in [-0.1, -0.05) is 32.1 Å². The van der Waals surface area contributed by atoms with Crippen molar-refractivity contribution >= 4 is 21.4 Å². The van der Waals surface area contributed by atoms with Crippen molar-refractivity contribution < 1.29 is 14.6 Å². The van der Waals surface area contributed by atoms with E-state index in [-0.39, 0.29) is 5.41 Å². The van der Waals surface area contributed by atoms with Crippen molar-refractivity contribution in [3.63, 3.8) is 0 Å². The average molecular weight is 417 g/mol. The molecule has 3 aromatic rings. The number of aliphatic hydroxyl groups is 1. The molecular formula is C21H28N4O3S. The van der Waals surface area contributed by atoms with Crippen molar-refractivity contribution in [1.82, 2.24) is 14.6 Å². The highest BCUT2D eigenvalue weighted by Crippen LogP contribution is 2.38. The van der Waals surface area contributed by atoms with E-state index in [0.717, 1.165) is 34.4 Å². The molecule has 1 aromatic carbocycles. The van der Waals surface area contributed by atoms with Gasteiger partial charge in [-0.3, -0.25) is 0 Å². The number of benzene rings is 1. The number of hydrogen-bond donors (Lipinski definition) is 1. The largest absolute Gasteiger partial charge is 0.497 e. The van der Waals surface area contributed by atoms with Crippen LogP contribution in [-0.4, -0.2) is 47.0 Å². The van der Waals surface area contributed by atoms with E-state index in [0.29, 0.717) is 24.3 Å². The van der Waals surface area contributed by atoms with Crippen molar-refractivity contribution in [2.45, 2.75) is 44.6 Å². The Morgan fingerprint density at radius 1 is 1.07 bits per heavy atom. The molecule has 1 saturated heterocycles. The molecule has 8 heteroatoms. The third kappa shape index (κ3) is 3.79. The molecule has 0 radical (unpaired) electrons. The van der Waals surface area contributed by atoms with Gasteiger partial charge in [0.05, 0.1) is 31.7 Å². The molecule has 7 nitrogen and oxygen atoms in total. The minimum Gasteiger partial charge on any atom is -0.497 e. The number of nitrogens with zero attached hydrogens (tertiary/aromatic N) is 4. The highest BCUT2D eigenvalue weighted by Gasteiger charge is 2.36. The van der Waals surface area contributed by atoms with E-state index in [1.165, 1.54) is 0 Å². The maximum Gasteiger partial charge on any atom is 0.214 e. The van der Waals surface area contributed by atoms with Crippen LogP contribution < -0.4 is 14.4 Å². The molecule has 156 valence electrons. The fourth-order valence-electron chi connectivity index (χ4n) is 3.61. The Balaban J connectivity index is 1.52. The van der Waals surface area contributed by atoms with Crippen LogP contribution in [0.25, 0.3) is 4.96 Å². The van der Waals surface area contributed by atoms with Crippen molar-refractivity contribution in [3.05, 3.63) is 35.7 Å². The van der Waals surface area contributed by atoms with Crippen molar-refractivity contribution in [1.29, 1.82) is 0 Å². The van der Waals surface area contributed by atoms with Crippen LogP contribution in [0.5, 0.6) is 11.5 Å². The van der Waals surface area contributed by atoms with E-state index < -0.39 is 5.60 Å². The smallest absolute Gasteiger partial charge is 0.214 e. The summed E-state index contributed by atoms with van der Waals surface area (Å²) in [5.74, 6) is 1.37. The van der Waals surface area contributed by atoms with Crippen LogP contribution in [-0.2, 0) is 11.0 Å². The second-order valence-electron chi connectivity index (χ2n) is 8.61. The molecule has 0 saturated carbocycles. The first-order valence-corrected chi connectivity index (χ1v) is 10.6. The number of rotatable bonds is 4. The lowest BCUT2D eigenvalue weighted by Crippen LogP contribution is -2.42. The molecule has 0 spiro atoms. The number of imidazole rings is 1. The number of hydrogen-bond acceptors (Lipinski definition) is 7. The van der Waals surface area contributed by atoms with Crippen LogP contribution in [0, 0.1) is 0 Å². The molecular weight excluding hydrogens is 388 g/mol. The molecule has 1 N–H and O–H groups in total. The number of anilines is 1. The van der Waals surface area contributed by atoms with Gasteiger partial charge in [-0.25, -0.2) is 9.50 Å². The van der Waals surface area contributed by atoms with Crippen molar-refractivity contribution in [2.24, 2.45) is 0 Å². The van der Waals surface area contributed by atoms with Gasteiger partial charge in [-0.2, -0.15) is 0 Å². The van der Waals surface area contributed by atoms with Gasteiger partial charge in [0.2, 0.25) is 10.1 Å². The summed E-state index contributed by atoms with van der Waals surface area (Å²) in [5.41, 5.74) is 0.974. The van der Waals surface area contributed by atoms with Gasteiger partial charge in [0.1, 0.15) is 11.5 Å². The van der Waals surface area contributed by atoms with E-state index in [1.54, 1.807) is 25.6 Å². The number of aromatic nitrogens is 3. The quantitative estimate of drug-likeness (QED) is 0.701. The average Bonchev–Trinajstić information content (AvgIpc) is 3.27. The molecule has 0 unspecified atom stereocenters. The number of methoxy groups -OCH3 is 2. The maximum absolute atomic E-state index is 11.3. The van der Waals surface area contributed by atoms with Gasteiger partial charge >= 0.3 is 0 Å². The molecule has 0 aliphatic carbocycles. The fraction of sp³-hybridized carbons (Fsp3) is 0.524. The summed E-state index contributed by atoms with van der Waals surface area (Å²) >= 11 is 1.59. The summed E-state index contributed by atoms with van der Waals surface area (Å²) < 4.78 is 12.6. The van der Waals surface area contributed by atoms with E-state index in [1.807, 2.05) is 28.9 Å². The van der Waals surface area contributed by atoms with Crippen LogP contribution in [0.3, 0.4) is 0 Å². The highest BCUT2D eigenvalue weighted by atomic mass is 32.1. The SMILES string of the molecule is COc1cc(OC)cc(C2(O)CCN(c3nn4cc(C(C)(C)C)nc4s3)CC2)c1. The van der Waals surface area contributed by atoms with Crippen molar-refractivity contribution in [2.75, 3.05) is 32.2 Å². The summed E-state index contributed by atoms with van der Waals surface area (Å²) in [7, 11) is 3.24. The zero-order valence-corrected chi connectivity index (χ0v) is 18.4.